The molecule has 1 aromatic carbocycles. The molecule has 0 fully saturated rings. The van der Waals surface area contributed by atoms with Gasteiger partial charge in [0, 0.05) is 38.3 Å². The third-order valence-electron chi connectivity index (χ3n) is 5.25. The number of benzene rings is 1. The molecule has 3 aromatic rings. The quantitative estimate of drug-likeness (QED) is 0.636. The van der Waals surface area contributed by atoms with Crippen molar-refractivity contribution in [2.24, 2.45) is 5.73 Å². The highest BCUT2D eigenvalue weighted by atomic mass is 19.1. The zero-order valence-corrected chi connectivity index (χ0v) is 18.0. The van der Waals surface area contributed by atoms with E-state index in [0.29, 0.717) is 62.5 Å². The van der Waals surface area contributed by atoms with Crippen LogP contribution in [-0.4, -0.2) is 51.0 Å². The summed E-state index contributed by atoms with van der Waals surface area (Å²) < 4.78 is 29.2. The Kier molecular flexibility index (Phi) is 6.08. The van der Waals surface area contributed by atoms with Gasteiger partial charge in [0.15, 0.2) is 11.5 Å². The van der Waals surface area contributed by atoms with Crippen LogP contribution in [0.5, 0.6) is 5.75 Å². The van der Waals surface area contributed by atoms with Crippen LogP contribution in [0.3, 0.4) is 0 Å². The molecule has 0 saturated carbocycles. The van der Waals surface area contributed by atoms with Gasteiger partial charge in [-0.2, -0.15) is 5.10 Å². The van der Waals surface area contributed by atoms with Crippen molar-refractivity contribution >= 4 is 28.8 Å². The van der Waals surface area contributed by atoms with Crippen molar-refractivity contribution in [2.75, 3.05) is 25.1 Å². The third-order valence-corrected chi connectivity index (χ3v) is 5.25. The molecule has 2 aromatic heterocycles. The number of imidazole rings is 1. The van der Waals surface area contributed by atoms with Crippen LogP contribution in [0, 0.1) is 12.7 Å². The lowest BCUT2D eigenvalue weighted by Crippen LogP contribution is -2.21. The number of rotatable bonds is 4. The summed E-state index contributed by atoms with van der Waals surface area (Å²) in [6.45, 7) is 5.53. The van der Waals surface area contributed by atoms with Gasteiger partial charge in [0.25, 0.3) is 5.91 Å². The monoisotopic (exact) mass is 444 g/mol. The number of aromatic nitrogens is 4. The number of hydrogen-bond donors (Lipinski definition) is 2. The Morgan fingerprint density at radius 1 is 1.25 bits per heavy atom. The highest BCUT2D eigenvalue weighted by Crippen LogP contribution is 2.32. The van der Waals surface area contributed by atoms with Crippen LogP contribution in [0.2, 0.25) is 0 Å². The molecule has 170 valence electrons. The minimum absolute atomic E-state index is 0.142. The van der Waals surface area contributed by atoms with Crippen molar-refractivity contribution in [1.29, 1.82) is 0 Å². The third kappa shape index (κ3) is 4.03. The largest absolute Gasteiger partial charge is 0.491 e. The van der Waals surface area contributed by atoms with Gasteiger partial charge in [-0.05, 0) is 32.4 Å². The average molecular weight is 444 g/mol. The number of nitrogens with zero attached hydrogens (tertiary/aromatic N) is 4. The number of nitrogens with two attached hydrogens (primary N) is 1. The van der Waals surface area contributed by atoms with Gasteiger partial charge in [0.1, 0.15) is 11.3 Å². The molecular weight excluding hydrogens is 419 g/mol. The van der Waals surface area contributed by atoms with Gasteiger partial charge in [0.2, 0.25) is 11.9 Å². The second-order valence-electron chi connectivity index (χ2n) is 7.48. The van der Waals surface area contributed by atoms with Crippen LogP contribution in [0.25, 0.3) is 11.0 Å². The molecule has 32 heavy (non-hydrogen) atoms. The molecular formula is C21H25FN6O4. The zero-order chi connectivity index (χ0) is 22.8. The van der Waals surface area contributed by atoms with E-state index in [1.165, 1.54) is 11.6 Å². The highest BCUT2D eigenvalue weighted by Gasteiger charge is 2.25. The summed E-state index contributed by atoms with van der Waals surface area (Å²) in [6.07, 6.45) is 1.34. The number of primary amides is 1. The van der Waals surface area contributed by atoms with Crippen molar-refractivity contribution in [3.63, 3.8) is 0 Å². The molecule has 0 saturated heterocycles. The molecule has 0 unspecified atom stereocenters. The molecule has 0 atom stereocenters. The van der Waals surface area contributed by atoms with Gasteiger partial charge >= 0.3 is 0 Å². The number of hydrogen-bond acceptors (Lipinski definition) is 6. The average Bonchev–Trinajstić information content (AvgIpc) is 3.23. The maximum atomic E-state index is 14.6. The summed E-state index contributed by atoms with van der Waals surface area (Å²) in [4.78, 5) is 29.3. The van der Waals surface area contributed by atoms with E-state index in [0.717, 1.165) is 0 Å². The van der Waals surface area contributed by atoms with Crippen molar-refractivity contribution in [3.05, 3.63) is 34.9 Å². The summed E-state index contributed by atoms with van der Waals surface area (Å²) >= 11 is 0. The predicted molar refractivity (Wildman–Crippen MR) is 114 cm³/mol. The number of ether oxygens (including phenoxy) is 2. The molecule has 2 amide bonds. The first-order valence-electron chi connectivity index (χ1n) is 10.5. The molecule has 3 N–H and O–H groups in total. The lowest BCUT2D eigenvalue weighted by atomic mass is 10.1. The van der Waals surface area contributed by atoms with Crippen LogP contribution in [-0.2, 0) is 17.8 Å². The molecule has 4 rings (SSSR count). The molecule has 3 heterocycles. The van der Waals surface area contributed by atoms with Crippen LogP contribution in [0.15, 0.2) is 12.1 Å². The Balaban J connectivity index is 1.81. The number of anilines is 1. The van der Waals surface area contributed by atoms with E-state index in [4.69, 9.17) is 15.2 Å². The summed E-state index contributed by atoms with van der Waals surface area (Å²) in [5, 5.41) is 6.76. The van der Waals surface area contributed by atoms with Crippen molar-refractivity contribution < 1.29 is 23.5 Å². The fourth-order valence-electron chi connectivity index (χ4n) is 3.73. The van der Waals surface area contributed by atoms with Gasteiger partial charge in [-0.1, -0.05) is 0 Å². The second kappa shape index (κ2) is 8.95. The SMILES string of the molecule is CCn1nc(C)c(F)c1C(=O)Nc1nc2cc(C(N)=O)cc3c2n1CCCOCCCO3. The van der Waals surface area contributed by atoms with Crippen molar-refractivity contribution in [1.82, 2.24) is 19.3 Å². The number of nitrogens with one attached hydrogen (secondary N) is 1. The summed E-state index contributed by atoms with van der Waals surface area (Å²) in [6, 6.07) is 3.12. The van der Waals surface area contributed by atoms with E-state index >= 15 is 0 Å². The zero-order valence-electron chi connectivity index (χ0n) is 18.0. The Hall–Kier alpha value is -3.47. The van der Waals surface area contributed by atoms with Crippen LogP contribution < -0.4 is 15.8 Å². The maximum Gasteiger partial charge on any atom is 0.279 e. The fourth-order valence-corrected chi connectivity index (χ4v) is 3.73. The van der Waals surface area contributed by atoms with Gasteiger partial charge in [-0.15, -0.1) is 0 Å². The topological polar surface area (TPSA) is 126 Å². The number of carbonyl (C=O) groups excluding carboxylic acids is 2. The fraction of sp³-hybridized carbons (Fsp3) is 0.429. The predicted octanol–water partition coefficient (Wildman–Crippen LogP) is 2.24. The van der Waals surface area contributed by atoms with Crippen LogP contribution in [0.1, 0.15) is 46.3 Å². The van der Waals surface area contributed by atoms with Gasteiger partial charge in [-0.3, -0.25) is 19.6 Å². The molecule has 0 aliphatic carbocycles. The van der Waals surface area contributed by atoms with E-state index in [1.807, 2.05) is 0 Å². The van der Waals surface area contributed by atoms with E-state index in [9.17, 15) is 14.0 Å². The first kappa shape index (κ1) is 21.8. The van der Waals surface area contributed by atoms with E-state index in [2.05, 4.69) is 15.4 Å². The summed E-state index contributed by atoms with van der Waals surface area (Å²) in [5.41, 5.74) is 6.75. The molecule has 10 nitrogen and oxygen atoms in total. The molecule has 1 aliphatic rings. The first-order chi connectivity index (χ1) is 15.4. The number of amides is 2. The minimum Gasteiger partial charge on any atom is -0.491 e. The number of carbonyl (C=O) groups is 2. The summed E-state index contributed by atoms with van der Waals surface area (Å²) in [5.74, 6) is -1.32. The van der Waals surface area contributed by atoms with Crippen molar-refractivity contribution in [2.45, 2.75) is 39.8 Å². The van der Waals surface area contributed by atoms with Crippen molar-refractivity contribution in [3.8, 4) is 5.75 Å². The molecule has 0 spiro atoms. The van der Waals surface area contributed by atoms with E-state index in [-0.39, 0.29) is 22.9 Å². The lowest BCUT2D eigenvalue weighted by Gasteiger charge is -2.13. The normalized spacial score (nSPS) is 14.6. The van der Waals surface area contributed by atoms with Gasteiger partial charge in [0.05, 0.1) is 17.8 Å². The smallest absolute Gasteiger partial charge is 0.279 e. The molecule has 0 radical (unpaired) electrons. The molecule has 1 aliphatic heterocycles. The van der Waals surface area contributed by atoms with Crippen LogP contribution >= 0.6 is 0 Å². The summed E-state index contributed by atoms with van der Waals surface area (Å²) in [7, 11) is 0. The first-order valence-corrected chi connectivity index (χ1v) is 10.5. The van der Waals surface area contributed by atoms with Crippen LogP contribution in [0.4, 0.5) is 10.3 Å². The highest BCUT2D eigenvalue weighted by molar-refractivity contribution is 6.04. The maximum absolute atomic E-state index is 14.6. The Morgan fingerprint density at radius 3 is 2.78 bits per heavy atom. The van der Waals surface area contributed by atoms with E-state index < -0.39 is 17.6 Å². The Bertz CT molecular complexity index is 1190. The standard InChI is InChI=1S/C21H25FN6O4/c1-3-28-18(16(22)12(2)26-28)20(30)25-21-24-14-10-13(19(23)29)11-15-17(14)27(21)6-4-7-31-8-5-9-32-15/h10-11H,3-9H2,1-2H3,(H2,23,29)(H,24,25,30). The number of halogens is 1. The van der Waals surface area contributed by atoms with Gasteiger partial charge in [-0.25, -0.2) is 9.37 Å². The van der Waals surface area contributed by atoms with Gasteiger partial charge < -0.3 is 19.8 Å². The Morgan fingerprint density at radius 2 is 2.03 bits per heavy atom. The lowest BCUT2D eigenvalue weighted by molar-refractivity contribution is 0.0993. The Labute approximate surface area is 183 Å². The van der Waals surface area contributed by atoms with E-state index in [1.54, 1.807) is 23.6 Å². The molecule has 11 heteroatoms. The second-order valence-corrected chi connectivity index (χ2v) is 7.48. The molecule has 0 bridgehead atoms. The minimum atomic E-state index is -0.675. The number of aryl methyl sites for hydroxylation is 3.